The first-order valence-corrected chi connectivity index (χ1v) is 6.04. The van der Waals surface area contributed by atoms with Crippen molar-refractivity contribution in [3.8, 4) is 0 Å². The Kier molecular flexibility index (Phi) is 4.12. The van der Waals surface area contributed by atoms with Gasteiger partial charge in [-0.2, -0.15) is 4.98 Å². The molecule has 0 saturated heterocycles. The second-order valence-corrected chi connectivity index (χ2v) is 4.25. The Labute approximate surface area is 111 Å². The first-order chi connectivity index (χ1) is 9.13. The molecule has 1 amide bonds. The summed E-state index contributed by atoms with van der Waals surface area (Å²) < 4.78 is 4.81. The second kappa shape index (κ2) is 5.99. The zero-order valence-corrected chi connectivity index (χ0v) is 10.7. The molecule has 6 heteroatoms. The standard InChI is InChI=1S/C13H16N4O2/c1-9-16-12(17-19-9)8-15-13(18)6-5-10-3-2-4-11(14)7-10/h2-4,7H,5-6,8,14H2,1H3,(H,15,18). The van der Waals surface area contributed by atoms with Gasteiger partial charge in [0.2, 0.25) is 11.8 Å². The van der Waals surface area contributed by atoms with Crippen molar-refractivity contribution < 1.29 is 9.32 Å². The normalized spacial score (nSPS) is 10.4. The Bertz CT molecular complexity index is 565. The lowest BCUT2D eigenvalue weighted by Gasteiger charge is -2.03. The van der Waals surface area contributed by atoms with E-state index in [2.05, 4.69) is 15.5 Å². The molecule has 0 spiro atoms. The van der Waals surface area contributed by atoms with Crippen molar-refractivity contribution in [1.82, 2.24) is 15.5 Å². The maximum absolute atomic E-state index is 11.7. The average molecular weight is 260 g/mol. The molecular formula is C13H16N4O2. The van der Waals surface area contributed by atoms with Crippen molar-refractivity contribution in [3.05, 3.63) is 41.5 Å². The van der Waals surface area contributed by atoms with E-state index < -0.39 is 0 Å². The molecule has 0 atom stereocenters. The van der Waals surface area contributed by atoms with Crippen molar-refractivity contribution in [2.24, 2.45) is 0 Å². The van der Waals surface area contributed by atoms with Crippen LogP contribution in [0.1, 0.15) is 23.7 Å². The quantitative estimate of drug-likeness (QED) is 0.788. The number of amides is 1. The first kappa shape index (κ1) is 13.1. The van der Waals surface area contributed by atoms with Gasteiger partial charge in [0.1, 0.15) is 0 Å². The van der Waals surface area contributed by atoms with E-state index >= 15 is 0 Å². The van der Waals surface area contributed by atoms with Gasteiger partial charge in [0.15, 0.2) is 5.82 Å². The molecule has 1 heterocycles. The summed E-state index contributed by atoms with van der Waals surface area (Å²) in [5, 5.41) is 6.44. The number of carbonyl (C=O) groups is 1. The number of nitrogens with one attached hydrogen (secondary N) is 1. The fraction of sp³-hybridized carbons (Fsp3) is 0.308. The van der Waals surface area contributed by atoms with Gasteiger partial charge < -0.3 is 15.6 Å². The van der Waals surface area contributed by atoms with Crippen LogP contribution in [0, 0.1) is 6.92 Å². The Morgan fingerprint density at radius 2 is 2.32 bits per heavy atom. The minimum Gasteiger partial charge on any atom is -0.399 e. The van der Waals surface area contributed by atoms with Crippen molar-refractivity contribution >= 4 is 11.6 Å². The molecule has 2 aromatic rings. The topological polar surface area (TPSA) is 94.0 Å². The highest BCUT2D eigenvalue weighted by Gasteiger charge is 2.06. The molecule has 0 aliphatic heterocycles. The number of rotatable bonds is 5. The highest BCUT2D eigenvalue weighted by Crippen LogP contribution is 2.08. The van der Waals surface area contributed by atoms with Gasteiger partial charge in [-0.3, -0.25) is 4.79 Å². The minimum absolute atomic E-state index is 0.0510. The minimum atomic E-state index is -0.0510. The summed E-state index contributed by atoms with van der Waals surface area (Å²) in [6.07, 6.45) is 1.06. The maximum Gasteiger partial charge on any atom is 0.223 e. The molecule has 0 aliphatic carbocycles. The predicted octanol–water partition coefficient (Wildman–Crippen LogP) is 1.21. The van der Waals surface area contributed by atoms with Gasteiger partial charge in [-0.1, -0.05) is 17.3 Å². The van der Waals surface area contributed by atoms with Gasteiger partial charge in [-0.05, 0) is 24.1 Å². The first-order valence-electron chi connectivity index (χ1n) is 6.04. The lowest BCUT2D eigenvalue weighted by Crippen LogP contribution is -2.23. The third kappa shape index (κ3) is 4.09. The molecule has 0 unspecified atom stereocenters. The highest BCUT2D eigenvalue weighted by atomic mass is 16.5. The SMILES string of the molecule is Cc1nc(CNC(=O)CCc2cccc(N)c2)no1. The molecule has 1 aromatic heterocycles. The monoisotopic (exact) mass is 260 g/mol. The molecule has 3 N–H and O–H groups in total. The van der Waals surface area contributed by atoms with Crippen LogP contribution < -0.4 is 11.1 Å². The number of hydrogen-bond acceptors (Lipinski definition) is 5. The van der Waals surface area contributed by atoms with E-state index in [-0.39, 0.29) is 12.5 Å². The number of carbonyl (C=O) groups excluding carboxylic acids is 1. The molecule has 0 saturated carbocycles. The second-order valence-electron chi connectivity index (χ2n) is 4.25. The van der Waals surface area contributed by atoms with Crippen LogP contribution in [-0.2, 0) is 17.8 Å². The Morgan fingerprint density at radius 3 is 3.00 bits per heavy atom. The largest absolute Gasteiger partial charge is 0.399 e. The average Bonchev–Trinajstić information content (AvgIpc) is 2.80. The van der Waals surface area contributed by atoms with Crippen molar-refractivity contribution in [3.63, 3.8) is 0 Å². The van der Waals surface area contributed by atoms with Crippen LogP contribution >= 0.6 is 0 Å². The van der Waals surface area contributed by atoms with Crippen LogP contribution in [0.15, 0.2) is 28.8 Å². The predicted molar refractivity (Wildman–Crippen MR) is 70.1 cm³/mol. The number of nitrogens with two attached hydrogens (primary N) is 1. The van der Waals surface area contributed by atoms with Gasteiger partial charge in [0.25, 0.3) is 0 Å². The highest BCUT2D eigenvalue weighted by molar-refractivity contribution is 5.76. The number of nitrogens with zero attached hydrogens (tertiary/aromatic N) is 2. The Hall–Kier alpha value is -2.37. The van der Waals surface area contributed by atoms with Crippen molar-refractivity contribution in [1.29, 1.82) is 0 Å². The molecule has 0 fully saturated rings. The summed E-state index contributed by atoms with van der Waals surface area (Å²) in [4.78, 5) is 15.7. The third-order valence-electron chi connectivity index (χ3n) is 2.61. The molecular weight excluding hydrogens is 244 g/mol. The molecule has 100 valence electrons. The zero-order chi connectivity index (χ0) is 13.7. The summed E-state index contributed by atoms with van der Waals surface area (Å²) in [5.41, 5.74) is 7.43. The molecule has 0 radical (unpaired) electrons. The van der Waals surface area contributed by atoms with Gasteiger partial charge in [0, 0.05) is 19.0 Å². The van der Waals surface area contributed by atoms with Gasteiger partial charge in [-0.15, -0.1) is 0 Å². The van der Waals surface area contributed by atoms with Crippen LogP contribution in [0.25, 0.3) is 0 Å². The summed E-state index contributed by atoms with van der Waals surface area (Å²) in [6.45, 7) is 1.99. The van der Waals surface area contributed by atoms with Crippen LogP contribution in [-0.4, -0.2) is 16.0 Å². The Morgan fingerprint density at radius 1 is 1.47 bits per heavy atom. The summed E-state index contributed by atoms with van der Waals surface area (Å²) in [5.74, 6) is 0.920. The van der Waals surface area contributed by atoms with E-state index in [1.54, 1.807) is 6.92 Å². The smallest absolute Gasteiger partial charge is 0.223 e. The number of anilines is 1. The molecule has 0 bridgehead atoms. The van der Waals surface area contributed by atoms with E-state index in [9.17, 15) is 4.79 Å². The molecule has 6 nitrogen and oxygen atoms in total. The fourth-order valence-electron chi connectivity index (χ4n) is 1.69. The maximum atomic E-state index is 11.7. The van der Waals surface area contributed by atoms with Gasteiger partial charge in [-0.25, -0.2) is 0 Å². The number of aryl methyl sites for hydroxylation is 2. The molecule has 2 rings (SSSR count). The van der Waals surface area contributed by atoms with Gasteiger partial charge >= 0.3 is 0 Å². The molecule has 19 heavy (non-hydrogen) atoms. The van der Waals surface area contributed by atoms with E-state index in [0.29, 0.717) is 30.2 Å². The van der Waals surface area contributed by atoms with Gasteiger partial charge in [0.05, 0.1) is 6.54 Å². The summed E-state index contributed by atoms with van der Waals surface area (Å²) >= 11 is 0. The number of hydrogen-bond donors (Lipinski definition) is 2. The Balaban J connectivity index is 1.75. The number of benzene rings is 1. The van der Waals surface area contributed by atoms with Crippen LogP contribution in [0.2, 0.25) is 0 Å². The van der Waals surface area contributed by atoms with Crippen molar-refractivity contribution in [2.45, 2.75) is 26.3 Å². The number of nitrogen functional groups attached to an aromatic ring is 1. The third-order valence-corrected chi connectivity index (χ3v) is 2.61. The van der Waals surface area contributed by atoms with E-state index in [1.807, 2.05) is 24.3 Å². The molecule has 1 aromatic carbocycles. The van der Waals surface area contributed by atoms with Crippen LogP contribution in [0.4, 0.5) is 5.69 Å². The fourth-order valence-corrected chi connectivity index (χ4v) is 1.69. The van der Waals surface area contributed by atoms with E-state index in [0.717, 1.165) is 5.56 Å². The van der Waals surface area contributed by atoms with Crippen LogP contribution in [0.5, 0.6) is 0 Å². The lowest BCUT2D eigenvalue weighted by atomic mass is 10.1. The summed E-state index contributed by atoms with van der Waals surface area (Å²) in [7, 11) is 0. The van der Waals surface area contributed by atoms with E-state index in [1.165, 1.54) is 0 Å². The van der Waals surface area contributed by atoms with Crippen molar-refractivity contribution in [2.75, 3.05) is 5.73 Å². The number of aromatic nitrogens is 2. The van der Waals surface area contributed by atoms with Crippen LogP contribution in [0.3, 0.4) is 0 Å². The zero-order valence-electron chi connectivity index (χ0n) is 10.7. The van der Waals surface area contributed by atoms with E-state index in [4.69, 9.17) is 10.3 Å². The lowest BCUT2D eigenvalue weighted by molar-refractivity contribution is -0.121. The molecule has 0 aliphatic rings. The summed E-state index contributed by atoms with van der Waals surface area (Å²) in [6, 6.07) is 7.52.